The molecule has 0 N–H and O–H groups in total. The van der Waals surface area contributed by atoms with Crippen molar-refractivity contribution in [2.75, 3.05) is 26.2 Å². The molecule has 0 aliphatic carbocycles. The topological polar surface area (TPSA) is 57.7 Å². The zero-order valence-electron chi connectivity index (χ0n) is 14.8. The van der Waals surface area contributed by atoms with Gasteiger partial charge in [-0.1, -0.05) is 27.2 Å². The fraction of sp³-hybridized carbons (Fsp3) is 0.706. The highest BCUT2D eigenvalue weighted by atomic mass is 32.2. The van der Waals surface area contributed by atoms with Crippen molar-refractivity contribution >= 4 is 27.3 Å². The molecule has 2 rings (SSSR count). The van der Waals surface area contributed by atoms with Gasteiger partial charge in [0.2, 0.25) is 0 Å². The number of hydrogen-bond acceptors (Lipinski definition) is 4. The van der Waals surface area contributed by atoms with Gasteiger partial charge in [0.1, 0.15) is 4.21 Å². The summed E-state index contributed by atoms with van der Waals surface area (Å²) in [4.78, 5) is 14.4. The quantitative estimate of drug-likeness (QED) is 0.737. The summed E-state index contributed by atoms with van der Waals surface area (Å²) >= 11 is 1.15. The fourth-order valence-corrected chi connectivity index (χ4v) is 5.66. The minimum absolute atomic E-state index is 0.0452. The van der Waals surface area contributed by atoms with Crippen molar-refractivity contribution in [2.24, 2.45) is 5.92 Å². The molecule has 0 radical (unpaired) electrons. The number of carbonyl (C=O) groups is 1. The molecular weight excluding hydrogens is 344 g/mol. The van der Waals surface area contributed by atoms with Crippen molar-refractivity contribution in [2.45, 2.75) is 50.7 Å². The Kier molecular flexibility index (Phi) is 6.83. The minimum atomic E-state index is -3.49. The van der Waals surface area contributed by atoms with Crippen LogP contribution in [0, 0.1) is 5.92 Å². The van der Waals surface area contributed by atoms with Crippen LogP contribution in [0.15, 0.2) is 15.7 Å². The third kappa shape index (κ3) is 4.37. The fourth-order valence-electron chi connectivity index (χ4n) is 2.87. The van der Waals surface area contributed by atoms with Gasteiger partial charge in [-0.2, -0.15) is 4.31 Å². The number of nitrogens with zero attached hydrogens (tertiary/aromatic N) is 2. The van der Waals surface area contributed by atoms with Crippen molar-refractivity contribution in [3.63, 3.8) is 0 Å². The molecule has 1 amide bonds. The standard InChI is InChI=1S/C17H28N2O3S2/c1-4-6-9-19(5-2)24(21,22)16-12-15(13-23-16)17(20)18-10-7-14(3)8-11-18/h12-14H,4-11H2,1-3H3. The molecule has 1 aliphatic heterocycles. The molecule has 0 saturated carbocycles. The molecule has 2 heterocycles. The second-order valence-electron chi connectivity index (χ2n) is 6.48. The van der Waals surface area contributed by atoms with E-state index in [0.717, 1.165) is 50.1 Å². The molecule has 0 bridgehead atoms. The lowest BCUT2D eigenvalue weighted by Gasteiger charge is -2.30. The van der Waals surface area contributed by atoms with Crippen LogP contribution in [-0.4, -0.2) is 49.7 Å². The maximum atomic E-state index is 12.7. The Hall–Kier alpha value is -0.920. The molecule has 0 aromatic carbocycles. The largest absolute Gasteiger partial charge is 0.339 e. The monoisotopic (exact) mass is 372 g/mol. The van der Waals surface area contributed by atoms with Gasteiger partial charge in [0.25, 0.3) is 15.9 Å². The van der Waals surface area contributed by atoms with E-state index in [9.17, 15) is 13.2 Å². The molecule has 1 aromatic heterocycles. The Labute approximate surface area is 149 Å². The van der Waals surface area contributed by atoms with Gasteiger partial charge in [-0.15, -0.1) is 11.3 Å². The van der Waals surface area contributed by atoms with Crippen molar-refractivity contribution < 1.29 is 13.2 Å². The summed E-state index contributed by atoms with van der Waals surface area (Å²) in [5, 5.41) is 1.68. The highest BCUT2D eigenvalue weighted by molar-refractivity contribution is 7.91. The van der Waals surface area contributed by atoms with Gasteiger partial charge in [-0.25, -0.2) is 8.42 Å². The van der Waals surface area contributed by atoms with Crippen LogP contribution in [0.4, 0.5) is 0 Å². The normalized spacial score (nSPS) is 16.8. The maximum Gasteiger partial charge on any atom is 0.254 e. The first kappa shape index (κ1) is 19.4. The van der Waals surface area contributed by atoms with E-state index in [4.69, 9.17) is 0 Å². The molecule has 1 saturated heterocycles. The molecule has 5 nitrogen and oxygen atoms in total. The summed E-state index contributed by atoms with van der Waals surface area (Å²) < 4.78 is 27.2. The predicted octanol–water partition coefficient (Wildman–Crippen LogP) is 3.43. The molecule has 1 aromatic rings. The molecule has 0 spiro atoms. The highest BCUT2D eigenvalue weighted by Crippen LogP contribution is 2.26. The van der Waals surface area contributed by atoms with E-state index in [-0.39, 0.29) is 10.1 Å². The molecule has 0 unspecified atom stereocenters. The number of likely N-dealkylation sites (tertiary alicyclic amines) is 1. The van der Waals surface area contributed by atoms with Crippen LogP contribution in [0.1, 0.15) is 56.8 Å². The number of rotatable bonds is 7. The van der Waals surface area contributed by atoms with Crippen LogP contribution in [0.3, 0.4) is 0 Å². The van der Waals surface area contributed by atoms with Crippen molar-refractivity contribution in [1.82, 2.24) is 9.21 Å². The Morgan fingerprint density at radius 1 is 1.33 bits per heavy atom. The van der Waals surface area contributed by atoms with Crippen LogP contribution in [0.25, 0.3) is 0 Å². The lowest BCUT2D eigenvalue weighted by Crippen LogP contribution is -2.37. The number of carbonyl (C=O) groups excluding carboxylic acids is 1. The summed E-state index contributed by atoms with van der Waals surface area (Å²) in [6.45, 7) is 8.59. The van der Waals surface area contributed by atoms with Crippen LogP contribution >= 0.6 is 11.3 Å². The van der Waals surface area contributed by atoms with E-state index < -0.39 is 10.0 Å². The highest BCUT2D eigenvalue weighted by Gasteiger charge is 2.27. The van der Waals surface area contributed by atoms with E-state index in [1.165, 1.54) is 4.31 Å². The first-order chi connectivity index (χ1) is 11.4. The Balaban J connectivity index is 2.12. The van der Waals surface area contributed by atoms with Crippen molar-refractivity contribution in [3.8, 4) is 0 Å². The Morgan fingerprint density at radius 2 is 2.00 bits per heavy atom. The Morgan fingerprint density at radius 3 is 2.58 bits per heavy atom. The summed E-state index contributed by atoms with van der Waals surface area (Å²) in [6, 6.07) is 1.55. The summed E-state index contributed by atoms with van der Waals surface area (Å²) in [5.74, 6) is 0.611. The van der Waals surface area contributed by atoms with Crippen molar-refractivity contribution in [1.29, 1.82) is 0 Å². The molecule has 1 aliphatic rings. The van der Waals surface area contributed by atoms with Crippen LogP contribution in [0.5, 0.6) is 0 Å². The van der Waals surface area contributed by atoms with Gasteiger partial charge < -0.3 is 4.90 Å². The predicted molar refractivity (Wildman–Crippen MR) is 98.0 cm³/mol. The van der Waals surface area contributed by atoms with E-state index in [1.807, 2.05) is 18.7 Å². The molecule has 136 valence electrons. The van der Waals surface area contributed by atoms with E-state index in [1.54, 1.807) is 11.4 Å². The average Bonchev–Trinajstić information content (AvgIpc) is 3.06. The average molecular weight is 373 g/mol. The summed E-state index contributed by atoms with van der Waals surface area (Å²) in [7, 11) is -3.49. The zero-order chi connectivity index (χ0) is 17.7. The second-order valence-corrected chi connectivity index (χ2v) is 9.56. The molecule has 24 heavy (non-hydrogen) atoms. The smallest absolute Gasteiger partial charge is 0.254 e. The SMILES string of the molecule is CCCCN(CC)S(=O)(=O)c1cc(C(=O)N2CCC(C)CC2)cs1. The van der Waals surface area contributed by atoms with E-state index >= 15 is 0 Å². The van der Waals surface area contributed by atoms with Gasteiger partial charge in [0, 0.05) is 31.6 Å². The summed E-state index contributed by atoms with van der Waals surface area (Å²) in [6.07, 6.45) is 3.83. The zero-order valence-corrected chi connectivity index (χ0v) is 16.5. The Bertz CT molecular complexity index is 647. The maximum absolute atomic E-state index is 12.7. The molecule has 1 fully saturated rings. The third-order valence-corrected chi connectivity index (χ3v) is 7.99. The van der Waals surface area contributed by atoms with Gasteiger partial charge >= 0.3 is 0 Å². The molecular formula is C17H28N2O3S2. The number of piperidine rings is 1. The number of unbranched alkanes of at least 4 members (excludes halogenated alkanes) is 1. The van der Waals surface area contributed by atoms with Crippen LogP contribution < -0.4 is 0 Å². The second kappa shape index (κ2) is 8.45. The van der Waals surface area contributed by atoms with E-state index in [2.05, 4.69) is 6.92 Å². The summed E-state index contributed by atoms with van der Waals surface area (Å²) in [5.41, 5.74) is 0.500. The third-order valence-electron chi connectivity index (χ3n) is 4.60. The first-order valence-electron chi connectivity index (χ1n) is 8.78. The molecule has 0 atom stereocenters. The van der Waals surface area contributed by atoms with Crippen LogP contribution in [0.2, 0.25) is 0 Å². The van der Waals surface area contributed by atoms with Gasteiger partial charge in [0.05, 0.1) is 5.56 Å². The first-order valence-corrected chi connectivity index (χ1v) is 11.1. The van der Waals surface area contributed by atoms with Crippen LogP contribution in [-0.2, 0) is 10.0 Å². The minimum Gasteiger partial charge on any atom is -0.339 e. The van der Waals surface area contributed by atoms with Gasteiger partial charge in [-0.05, 0) is 31.2 Å². The molecule has 7 heteroatoms. The van der Waals surface area contributed by atoms with Gasteiger partial charge in [-0.3, -0.25) is 4.79 Å². The number of amides is 1. The van der Waals surface area contributed by atoms with Gasteiger partial charge in [0.15, 0.2) is 0 Å². The number of sulfonamides is 1. The lowest BCUT2D eigenvalue weighted by atomic mass is 9.99. The van der Waals surface area contributed by atoms with E-state index in [0.29, 0.717) is 24.6 Å². The number of thiophene rings is 1. The lowest BCUT2D eigenvalue weighted by molar-refractivity contribution is 0.0697. The van der Waals surface area contributed by atoms with Crippen molar-refractivity contribution in [3.05, 3.63) is 17.0 Å². The number of hydrogen-bond donors (Lipinski definition) is 0.